The Kier molecular flexibility index (Phi) is 7.93. The molecule has 1 aliphatic rings. The summed E-state index contributed by atoms with van der Waals surface area (Å²) >= 11 is 0. The third-order valence-electron chi connectivity index (χ3n) is 6.18. The molecular formula is C28H31N5O4. The zero-order valence-corrected chi connectivity index (χ0v) is 20.9. The fraction of sp³-hybridized carbons (Fsp3) is 0.321. The van der Waals surface area contributed by atoms with Gasteiger partial charge in [-0.25, -0.2) is 9.97 Å². The Morgan fingerprint density at radius 3 is 2.70 bits per heavy atom. The van der Waals surface area contributed by atoms with E-state index in [-0.39, 0.29) is 12.0 Å². The van der Waals surface area contributed by atoms with Gasteiger partial charge in [-0.1, -0.05) is 6.07 Å². The van der Waals surface area contributed by atoms with Crippen molar-refractivity contribution in [2.45, 2.75) is 13.0 Å². The van der Waals surface area contributed by atoms with Crippen LogP contribution < -0.4 is 14.8 Å². The van der Waals surface area contributed by atoms with Crippen molar-refractivity contribution in [3.63, 3.8) is 0 Å². The lowest BCUT2D eigenvalue weighted by Gasteiger charge is -2.26. The SMILES string of the molecule is CC(COc1ccccn1)Oc1ccc(-n2cnc3cc(C(=O)NCCN4CCOCC4)ccc32)cc1. The predicted octanol–water partition coefficient (Wildman–Crippen LogP) is 3.33. The number of carbonyl (C=O) groups is 1. The summed E-state index contributed by atoms with van der Waals surface area (Å²) in [5, 5.41) is 3.01. The summed E-state index contributed by atoms with van der Waals surface area (Å²) in [5.41, 5.74) is 3.25. The quantitative estimate of drug-likeness (QED) is 0.356. The van der Waals surface area contributed by atoms with Crippen LogP contribution in [0.2, 0.25) is 0 Å². The summed E-state index contributed by atoms with van der Waals surface area (Å²) in [6.45, 7) is 7.10. The number of hydrogen-bond donors (Lipinski definition) is 1. The first-order valence-corrected chi connectivity index (χ1v) is 12.5. The van der Waals surface area contributed by atoms with E-state index < -0.39 is 0 Å². The second-order valence-corrected chi connectivity index (χ2v) is 8.93. The van der Waals surface area contributed by atoms with Crippen molar-refractivity contribution in [1.29, 1.82) is 0 Å². The first kappa shape index (κ1) is 24.7. The molecule has 1 fully saturated rings. The maximum absolute atomic E-state index is 12.6. The number of benzene rings is 2. The summed E-state index contributed by atoms with van der Waals surface area (Å²) in [7, 11) is 0. The lowest BCUT2D eigenvalue weighted by Crippen LogP contribution is -2.41. The van der Waals surface area contributed by atoms with Gasteiger partial charge < -0.3 is 19.5 Å². The van der Waals surface area contributed by atoms with Crippen molar-refractivity contribution in [2.75, 3.05) is 46.0 Å². The van der Waals surface area contributed by atoms with Gasteiger partial charge >= 0.3 is 0 Å². The molecule has 2 aromatic heterocycles. The van der Waals surface area contributed by atoms with E-state index in [1.807, 2.05) is 72.2 Å². The summed E-state index contributed by atoms with van der Waals surface area (Å²) in [5.74, 6) is 1.24. The minimum Gasteiger partial charge on any atom is -0.487 e. The van der Waals surface area contributed by atoms with E-state index >= 15 is 0 Å². The topological polar surface area (TPSA) is 90.7 Å². The van der Waals surface area contributed by atoms with Crippen LogP contribution in [0.25, 0.3) is 16.7 Å². The lowest BCUT2D eigenvalue weighted by atomic mass is 10.2. The number of nitrogens with one attached hydrogen (secondary N) is 1. The van der Waals surface area contributed by atoms with Crippen LogP contribution in [-0.2, 0) is 4.74 Å². The molecule has 1 N–H and O–H groups in total. The van der Waals surface area contributed by atoms with Crippen LogP contribution in [0, 0.1) is 0 Å². The van der Waals surface area contributed by atoms with Gasteiger partial charge in [-0.05, 0) is 55.5 Å². The fourth-order valence-corrected chi connectivity index (χ4v) is 4.20. The predicted molar refractivity (Wildman–Crippen MR) is 140 cm³/mol. The van der Waals surface area contributed by atoms with Crippen molar-refractivity contribution in [3.8, 4) is 17.3 Å². The van der Waals surface area contributed by atoms with Gasteiger partial charge in [0.15, 0.2) is 0 Å². The molecule has 1 amide bonds. The highest BCUT2D eigenvalue weighted by Crippen LogP contribution is 2.22. The number of morpholine rings is 1. The Labute approximate surface area is 216 Å². The Balaban J connectivity index is 1.17. The molecule has 192 valence electrons. The van der Waals surface area contributed by atoms with Crippen LogP contribution in [0.4, 0.5) is 0 Å². The summed E-state index contributed by atoms with van der Waals surface area (Å²) in [6, 6.07) is 19.0. The van der Waals surface area contributed by atoms with Crippen LogP contribution in [0.3, 0.4) is 0 Å². The average molecular weight is 502 g/mol. The molecule has 0 spiro atoms. The van der Waals surface area contributed by atoms with E-state index in [4.69, 9.17) is 14.2 Å². The van der Waals surface area contributed by atoms with E-state index in [1.165, 1.54) is 0 Å². The second-order valence-electron chi connectivity index (χ2n) is 8.93. The highest BCUT2D eigenvalue weighted by molar-refractivity contribution is 5.97. The summed E-state index contributed by atoms with van der Waals surface area (Å²) in [6.07, 6.45) is 3.33. The molecule has 0 radical (unpaired) electrons. The Bertz CT molecular complexity index is 1300. The van der Waals surface area contributed by atoms with Gasteiger partial charge in [0.2, 0.25) is 5.88 Å². The van der Waals surface area contributed by atoms with Crippen LogP contribution >= 0.6 is 0 Å². The maximum atomic E-state index is 12.6. The Morgan fingerprint density at radius 1 is 1.08 bits per heavy atom. The first-order valence-electron chi connectivity index (χ1n) is 12.5. The largest absolute Gasteiger partial charge is 0.487 e. The number of nitrogens with zero attached hydrogens (tertiary/aromatic N) is 4. The first-order chi connectivity index (χ1) is 18.2. The van der Waals surface area contributed by atoms with Crippen molar-refractivity contribution in [3.05, 3.63) is 78.8 Å². The monoisotopic (exact) mass is 501 g/mol. The van der Waals surface area contributed by atoms with E-state index in [0.29, 0.717) is 24.6 Å². The molecule has 1 atom stereocenters. The molecule has 4 aromatic rings. The van der Waals surface area contributed by atoms with Gasteiger partial charge in [0.25, 0.3) is 5.91 Å². The van der Waals surface area contributed by atoms with Crippen molar-refractivity contribution >= 4 is 16.9 Å². The van der Waals surface area contributed by atoms with Gasteiger partial charge in [-0.2, -0.15) is 0 Å². The molecule has 0 bridgehead atoms. The molecule has 2 aromatic carbocycles. The number of imidazole rings is 1. The van der Waals surface area contributed by atoms with Crippen LogP contribution in [0.1, 0.15) is 17.3 Å². The number of ether oxygens (including phenoxy) is 3. The van der Waals surface area contributed by atoms with E-state index in [2.05, 4.69) is 20.2 Å². The standard InChI is InChI=1S/C28H31N5O4/c1-21(19-36-27-4-2-3-11-29-27)37-24-8-6-23(7-9-24)33-20-31-25-18-22(5-10-26(25)33)28(34)30-12-13-32-14-16-35-17-15-32/h2-11,18,20-21H,12-17,19H2,1H3,(H,30,34). The molecule has 1 aliphatic heterocycles. The van der Waals surface area contributed by atoms with Crippen molar-refractivity contribution in [1.82, 2.24) is 24.8 Å². The third-order valence-corrected chi connectivity index (χ3v) is 6.18. The van der Waals surface area contributed by atoms with Gasteiger partial charge in [0, 0.05) is 49.7 Å². The van der Waals surface area contributed by atoms with Gasteiger partial charge in [0.1, 0.15) is 24.8 Å². The Morgan fingerprint density at radius 2 is 1.92 bits per heavy atom. The number of amides is 1. The number of aromatic nitrogens is 3. The fourth-order valence-electron chi connectivity index (χ4n) is 4.20. The van der Waals surface area contributed by atoms with Crippen molar-refractivity contribution in [2.24, 2.45) is 0 Å². The summed E-state index contributed by atoms with van der Waals surface area (Å²) in [4.78, 5) is 23.6. The van der Waals surface area contributed by atoms with Crippen LogP contribution in [0.5, 0.6) is 11.6 Å². The number of carbonyl (C=O) groups excluding carboxylic acids is 1. The van der Waals surface area contributed by atoms with E-state index in [1.54, 1.807) is 12.5 Å². The van der Waals surface area contributed by atoms with Gasteiger partial charge in [-0.15, -0.1) is 0 Å². The molecule has 0 aliphatic carbocycles. The molecule has 37 heavy (non-hydrogen) atoms. The zero-order valence-electron chi connectivity index (χ0n) is 20.9. The minimum absolute atomic E-state index is 0.0904. The van der Waals surface area contributed by atoms with Gasteiger partial charge in [-0.3, -0.25) is 14.3 Å². The van der Waals surface area contributed by atoms with Crippen molar-refractivity contribution < 1.29 is 19.0 Å². The third kappa shape index (κ3) is 6.44. The molecule has 5 rings (SSSR count). The molecule has 9 heteroatoms. The number of rotatable bonds is 10. The normalized spacial score (nSPS) is 14.8. The highest BCUT2D eigenvalue weighted by atomic mass is 16.5. The minimum atomic E-state index is -0.139. The molecule has 0 saturated carbocycles. The molecule has 1 unspecified atom stereocenters. The number of pyridine rings is 1. The van der Waals surface area contributed by atoms with E-state index in [9.17, 15) is 4.79 Å². The Hall–Kier alpha value is -3.95. The lowest BCUT2D eigenvalue weighted by molar-refractivity contribution is 0.0383. The highest BCUT2D eigenvalue weighted by Gasteiger charge is 2.13. The molecular weight excluding hydrogens is 470 g/mol. The van der Waals surface area contributed by atoms with Crippen LogP contribution in [-0.4, -0.2) is 77.4 Å². The zero-order chi connectivity index (χ0) is 25.5. The smallest absolute Gasteiger partial charge is 0.251 e. The average Bonchev–Trinajstić information content (AvgIpc) is 3.37. The van der Waals surface area contributed by atoms with Crippen LogP contribution in [0.15, 0.2) is 73.2 Å². The second kappa shape index (κ2) is 11.9. The maximum Gasteiger partial charge on any atom is 0.251 e. The van der Waals surface area contributed by atoms with Gasteiger partial charge in [0.05, 0.1) is 24.2 Å². The molecule has 3 heterocycles. The number of fused-ring (bicyclic) bond motifs is 1. The molecule has 9 nitrogen and oxygen atoms in total. The molecule has 1 saturated heterocycles. The van der Waals surface area contributed by atoms with E-state index in [0.717, 1.165) is 55.3 Å². The number of hydrogen-bond acceptors (Lipinski definition) is 7. The summed E-state index contributed by atoms with van der Waals surface area (Å²) < 4.78 is 19.0.